The maximum absolute atomic E-state index is 12.7. The molecule has 2 heterocycles. The van der Waals surface area contributed by atoms with Gasteiger partial charge in [0.05, 0.1) is 19.3 Å². The van der Waals surface area contributed by atoms with Crippen molar-refractivity contribution in [2.75, 3.05) is 52.5 Å². The molecule has 0 aromatic heterocycles. The molecule has 1 atom stereocenters. The van der Waals surface area contributed by atoms with Gasteiger partial charge >= 0.3 is 12.1 Å². The van der Waals surface area contributed by atoms with Crippen LogP contribution in [0.25, 0.3) is 0 Å². The lowest BCUT2D eigenvalue weighted by Crippen LogP contribution is -2.57. The number of benzene rings is 1. The number of piperazine rings is 1. The van der Waals surface area contributed by atoms with Crippen LogP contribution in [0.2, 0.25) is 0 Å². The predicted octanol–water partition coefficient (Wildman–Crippen LogP) is 2.73. The number of urea groups is 2. The molecule has 0 radical (unpaired) electrons. The van der Waals surface area contributed by atoms with E-state index < -0.39 is 0 Å². The summed E-state index contributed by atoms with van der Waals surface area (Å²) in [5.41, 5.74) is 2.43. The number of morpholine rings is 1. The van der Waals surface area contributed by atoms with Crippen molar-refractivity contribution in [2.24, 2.45) is 5.92 Å². The average molecular weight is 403 g/mol. The van der Waals surface area contributed by atoms with E-state index in [-0.39, 0.29) is 18.1 Å². The first kappa shape index (κ1) is 21.4. The third-order valence-corrected chi connectivity index (χ3v) is 5.58. The first-order valence-corrected chi connectivity index (χ1v) is 10.7. The quantitative estimate of drug-likeness (QED) is 0.842. The zero-order valence-electron chi connectivity index (χ0n) is 17.9. The fourth-order valence-electron chi connectivity index (χ4n) is 3.83. The molecule has 3 rings (SSSR count). The Morgan fingerprint density at radius 3 is 2.03 bits per heavy atom. The third kappa shape index (κ3) is 5.85. The molecule has 2 aliphatic rings. The number of hydrogen-bond acceptors (Lipinski definition) is 3. The summed E-state index contributed by atoms with van der Waals surface area (Å²) < 4.78 is 5.31. The van der Waals surface area contributed by atoms with Crippen LogP contribution in [0.5, 0.6) is 0 Å². The highest BCUT2D eigenvalue weighted by Gasteiger charge is 2.28. The molecule has 1 aromatic carbocycles. The van der Waals surface area contributed by atoms with E-state index in [9.17, 15) is 9.59 Å². The maximum atomic E-state index is 12.7. The normalized spacial score (nSPS) is 18.7. The van der Waals surface area contributed by atoms with Crippen LogP contribution >= 0.6 is 0 Å². The molecule has 1 aromatic rings. The molecular formula is C22H34N4O3. The van der Waals surface area contributed by atoms with Gasteiger partial charge in [0, 0.05) is 39.3 Å². The van der Waals surface area contributed by atoms with Crippen LogP contribution in [0.1, 0.15) is 37.9 Å². The highest BCUT2D eigenvalue weighted by Crippen LogP contribution is 2.16. The van der Waals surface area contributed by atoms with Gasteiger partial charge in [-0.15, -0.1) is 0 Å². The molecule has 2 aliphatic heterocycles. The molecule has 0 saturated carbocycles. The summed E-state index contributed by atoms with van der Waals surface area (Å²) in [6.45, 7) is 11.2. The summed E-state index contributed by atoms with van der Waals surface area (Å²) in [4.78, 5) is 30.7. The first-order chi connectivity index (χ1) is 13.9. The Kier molecular flexibility index (Phi) is 7.36. The minimum absolute atomic E-state index is 0.0522. The monoisotopic (exact) mass is 402 g/mol. The van der Waals surface area contributed by atoms with Crippen LogP contribution in [0, 0.1) is 5.92 Å². The molecule has 4 amide bonds. The van der Waals surface area contributed by atoms with Gasteiger partial charge in [0.15, 0.2) is 0 Å². The molecule has 0 bridgehead atoms. The minimum Gasteiger partial charge on any atom is -0.378 e. The number of nitrogens with zero attached hydrogens (tertiary/aromatic N) is 3. The fourth-order valence-corrected chi connectivity index (χ4v) is 3.83. The minimum atomic E-state index is -0.0674. The van der Waals surface area contributed by atoms with Crippen molar-refractivity contribution in [3.63, 3.8) is 0 Å². The lowest BCUT2D eigenvalue weighted by Gasteiger charge is -2.38. The van der Waals surface area contributed by atoms with Crippen LogP contribution in [-0.4, -0.2) is 79.2 Å². The van der Waals surface area contributed by atoms with Gasteiger partial charge in [-0.3, -0.25) is 0 Å². The van der Waals surface area contributed by atoms with Crippen molar-refractivity contribution >= 4 is 12.1 Å². The molecule has 1 unspecified atom stereocenters. The smallest absolute Gasteiger partial charge is 0.320 e. The van der Waals surface area contributed by atoms with E-state index in [1.54, 1.807) is 4.90 Å². The standard InChI is InChI=1S/C22H34N4O3/c1-17(2)16-19-4-6-20(7-5-19)18(3)23-21(27)24-8-10-25(11-9-24)22(28)26-12-14-29-15-13-26/h4-7,17-18H,8-16H2,1-3H3,(H,23,27). The van der Waals surface area contributed by atoms with E-state index in [4.69, 9.17) is 4.74 Å². The van der Waals surface area contributed by atoms with E-state index in [1.807, 2.05) is 16.7 Å². The van der Waals surface area contributed by atoms with Gasteiger partial charge < -0.3 is 24.8 Å². The fraction of sp³-hybridized carbons (Fsp3) is 0.636. The van der Waals surface area contributed by atoms with Crippen molar-refractivity contribution in [3.8, 4) is 0 Å². The molecule has 7 nitrogen and oxygen atoms in total. The lowest BCUT2D eigenvalue weighted by atomic mass is 10.00. The molecule has 160 valence electrons. The Morgan fingerprint density at radius 1 is 0.897 bits per heavy atom. The Morgan fingerprint density at radius 2 is 1.45 bits per heavy atom. The molecule has 2 fully saturated rings. The SMILES string of the molecule is CC(C)Cc1ccc(C(C)NC(=O)N2CCN(C(=O)N3CCOCC3)CC2)cc1. The van der Waals surface area contributed by atoms with Crippen molar-refractivity contribution in [2.45, 2.75) is 33.2 Å². The second kappa shape index (κ2) is 9.96. The van der Waals surface area contributed by atoms with Crippen molar-refractivity contribution in [1.29, 1.82) is 0 Å². The number of nitrogens with one attached hydrogen (secondary N) is 1. The largest absolute Gasteiger partial charge is 0.378 e. The highest BCUT2D eigenvalue weighted by molar-refractivity contribution is 5.77. The summed E-state index contributed by atoms with van der Waals surface area (Å²) >= 11 is 0. The molecule has 29 heavy (non-hydrogen) atoms. The zero-order valence-corrected chi connectivity index (χ0v) is 17.9. The third-order valence-electron chi connectivity index (χ3n) is 5.58. The molecule has 1 N–H and O–H groups in total. The van der Waals surface area contributed by atoms with E-state index >= 15 is 0 Å². The van der Waals surface area contributed by atoms with Gasteiger partial charge in [-0.1, -0.05) is 38.1 Å². The van der Waals surface area contributed by atoms with Crippen LogP contribution in [0.15, 0.2) is 24.3 Å². The Bertz CT molecular complexity index is 678. The van der Waals surface area contributed by atoms with Gasteiger partial charge in [0.2, 0.25) is 0 Å². The van der Waals surface area contributed by atoms with E-state index in [1.165, 1.54) is 5.56 Å². The van der Waals surface area contributed by atoms with Gasteiger partial charge in [0.25, 0.3) is 0 Å². The van der Waals surface area contributed by atoms with Crippen molar-refractivity contribution < 1.29 is 14.3 Å². The Labute approximate surface area is 174 Å². The van der Waals surface area contributed by atoms with E-state index in [0.29, 0.717) is 58.4 Å². The second-order valence-corrected chi connectivity index (χ2v) is 8.37. The van der Waals surface area contributed by atoms with Gasteiger partial charge in [-0.05, 0) is 30.4 Å². The van der Waals surface area contributed by atoms with E-state index in [2.05, 4.69) is 43.4 Å². The number of carbonyl (C=O) groups is 2. The second-order valence-electron chi connectivity index (χ2n) is 8.37. The van der Waals surface area contributed by atoms with Gasteiger partial charge in [-0.2, -0.15) is 0 Å². The molecular weight excluding hydrogens is 368 g/mol. The molecule has 0 aliphatic carbocycles. The summed E-state index contributed by atoms with van der Waals surface area (Å²) in [5.74, 6) is 0.631. The zero-order chi connectivity index (χ0) is 20.8. The van der Waals surface area contributed by atoms with Crippen molar-refractivity contribution in [1.82, 2.24) is 20.0 Å². The number of hydrogen-bond donors (Lipinski definition) is 1. The predicted molar refractivity (Wildman–Crippen MR) is 113 cm³/mol. The summed E-state index contributed by atoms with van der Waals surface area (Å²) in [7, 11) is 0. The topological polar surface area (TPSA) is 65.1 Å². The van der Waals surface area contributed by atoms with Gasteiger partial charge in [-0.25, -0.2) is 9.59 Å². The van der Waals surface area contributed by atoms with Crippen LogP contribution < -0.4 is 5.32 Å². The molecule has 7 heteroatoms. The molecule has 0 spiro atoms. The number of ether oxygens (including phenoxy) is 1. The number of amides is 4. The average Bonchev–Trinajstić information content (AvgIpc) is 2.74. The van der Waals surface area contributed by atoms with Crippen molar-refractivity contribution in [3.05, 3.63) is 35.4 Å². The van der Waals surface area contributed by atoms with Crippen LogP contribution in [-0.2, 0) is 11.2 Å². The number of carbonyl (C=O) groups excluding carboxylic acids is 2. The van der Waals surface area contributed by atoms with E-state index in [0.717, 1.165) is 12.0 Å². The number of rotatable bonds is 4. The highest BCUT2D eigenvalue weighted by atomic mass is 16.5. The van der Waals surface area contributed by atoms with Gasteiger partial charge in [0.1, 0.15) is 0 Å². The first-order valence-electron chi connectivity index (χ1n) is 10.7. The summed E-state index contributed by atoms with van der Waals surface area (Å²) in [6.07, 6.45) is 1.06. The molecule has 2 saturated heterocycles. The Balaban J connectivity index is 1.46. The summed E-state index contributed by atoms with van der Waals surface area (Å²) in [6, 6.07) is 8.43. The Hall–Kier alpha value is -2.28. The maximum Gasteiger partial charge on any atom is 0.320 e. The van der Waals surface area contributed by atoms with Crippen LogP contribution in [0.4, 0.5) is 9.59 Å². The lowest BCUT2D eigenvalue weighted by molar-refractivity contribution is 0.0392. The van der Waals surface area contributed by atoms with Crippen LogP contribution in [0.3, 0.4) is 0 Å². The summed E-state index contributed by atoms with van der Waals surface area (Å²) in [5, 5.41) is 3.09.